The largest absolute Gasteiger partial charge is 0.369 e. The summed E-state index contributed by atoms with van der Waals surface area (Å²) in [4.78, 5) is 2.20. The minimum Gasteiger partial charge on any atom is -0.369 e. The Hall–Kier alpha value is -1.09. The van der Waals surface area contributed by atoms with E-state index in [1.54, 1.807) is 6.07 Å². The molecule has 2 atom stereocenters. The molecular weight excluding hydrogens is 227 g/mol. The van der Waals surface area contributed by atoms with Crippen LogP contribution in [0.1, 0.15) is 25.8 Å². The number of halogens is 1. The lowest BCUT2D eigenvalue weighted by atomic mass is 9.91. The molecule has 0 bridgehead atoms. The highest BCUT2D eigenvalue weighted by Gasteiger charge is 2.23. The Bertz CT molecular complexity index is 395. The molecule has 1 N–H and O–H groups in total. The zero-order valence-electron chi connectivity index (χ0n) is 11.5. The van der Waals surface area contributed by atoms with Crippen LogP contribution >= 0.6 is 0 Å². The number of piperidine rings is 1. The fourth-order valence-electron chi connectivity index (χ4n) is 2.97. The summed E-state index contributed by atoms with van der Waals surface area (Å²) >= 11 is 0. The molecule has 2 unspecified atom stereocenters. The van der Waals surface area contributed by atoms with Gasteiger partial charge >= 0.3 is 0 Å². The minimum absolute atomic E-state index is 0.101. The molecule has 1 aliphatic heterocycles. The van der Waals surface area contributed by atoms with Gasteiger partial charge in [-0.2, -0.15) is 0 Å². The topological polar surface area (TPSA) is 15.3 Å². The van der Waals surface area contributed by atoms with Crippen molar-refractivity contribution in [3.8, 4) is 0 Å². The molecule has 0 spiro atoms. The number of benzene rings is 1. The summed E-state index contributed by atoms with van der Waals surface area (Å²) in [5.41, 5.74) is 1.90. The van der Waals surface area contributed by atoms with Crippen LogP contribution in [0.5, 0.6) is 0 Å². The molecule has 18 heavy (non-hydrogen) atoms. The van der Waals surface area contributed by atoms with E-state index in [4.69, 9.17) is 0 Å². The Morgan fingerprint density at radius 1 is 1.28 bits per heavy atom. The molecule has 1 aromatic carbocycles. The lowest BCUT2D eigenvalue weighted by Gasteiger charge is -2.37. The first-order valence-electron chi connectivity index (χ1n) is 6.78. The van der Waals surface area contributed by atoms with E-state index in [0.717, 1.165) is 30.9 Å². The van der Waals surface area contributed by atoms with Crippen LogP contribution in [0.3, 0.4) is 0 Å². The van der Waals surface area contributed by atoms with Gasteiger partial charge in [0.25, 0.3) is 0 Å². The predicted molar refractivity (Wildman–Crippen MR) is 74.3 cm³/mol. The van der Waals surface area contributed by atoms with E-state index < -0.39 is 0 Å². The van der Waals surface area contributed by atoms with Crippen LogP contribution in [0.15, 0.2) is 18.2 Å². The molecule has 100 valence electrons. The lowest BCUT2D eigenvalue weighted by Crippen LogP contribution is -2.39. The van der Waals surface area contributed by atoms with E-state index in [0.29, 0.717) is 11.8 Å². The van der Waals surface area contributed by atoms with Crippen molar-refractivity contribution < 1.29 is 4.39 Å². The summed E-state index contributed by atoms with van der Waals surface area (Å²) in [6, 6.07) is 5.43. The second-order valence-corrected chi connectivity index (χ2v) is 5.67. The maximum Gasteiger partial charge on any atom is 0.146 e. The monoisotopic (exact) mass is 250 g/mol. The second kappa shape index (κ2) is 5.70. The van der Waals surface area contributed by atoms with Crippen molar-refractivity contribution in [3.63, 3.8) is 0 Å². The standard InChI is InChI=1S/C15H23FN2/c1-11-6-12(2)10-18(9-11)15-7-13(8-17-3)4-5-14(15)16/h4-5,7,11-12,17H,6,8-10H2,1-3H3. The quantitative estimate of drug-likeness (QED) is 0.887. The third-order valence-corrected chi connectivity index (χ3v) is 3.60. The Morgan fingerprint density at radius 2 is 1.94 bits per heavy atom. The Balaban J connectivity index is 2.22. The molecule has 0 saturated carbocycles. The molecule has 1 saturated heterocycles. The summed E-state index contributed by atoms with van der Waals surface area (Å²) in [7, 11) is 1.91. The molecule has 1 heterocycles. The SMILES string of the molecule is CNCc1ccc(F)c(N2CC(C)CC(C)C2)c1. The maximum absolute atomic E-state index is 14.0. The molecule has 1 aromatic rings. The Labute approximate surface area is 109 Å². The average molecular weight is 250 g/mol. The number of anilines is 1. The van der Waals surface area contributed by atoms with Crippen molar-refractivity contribution in [1.29, 1.82) is 0 Å². The molecule has 2 rings (SSSR count). The van der Waals surface area contributed by atoms with Crippen LogP contribution in [0.2, 0.25) is 0 Å². The molecule has 0 aliphatic carbocycles. The first-order valence-corrected chi connectivity index (χ1v) is 6.78. The lowest BCUT2D eigenvalue weighted by molar-refractivity contribution is 0.354. The van der Waals surface area contributed by atoms with E-state index in [1.807, 2.05) is 19.2 Å². The van der Waals surface area contributed by atoms with Gasteiger partial charge in [0, 0.05) is 19.6 Å². The summed E-state index contributed by atoms with van der Waals surface area (Å²) in [5, 5.41) is 3.11. The van der Waals surface area contributed by atoms with Crippen LogP contribution in [-0.2, 0) is 6.54 Å². The minimum atomic E-state index is -0.101. The molecule has 1 fully saturated rings. The van der Waals surface area contributed by atoms with Gasteiger partial charge in [0.15, 0.2) is 0 Å². The van der Waals surface area contributed by atoms with Gasteiger partial charge in [0.2, 0.25) is 0 Å². The zero-order chi connectivity index (χ0) is 13.1. The van der Waals surface area contributed by atoms with Crippen LogP contribution in [0.25, 0.3) is 0 Å². The molecule has 0 radical (unpaired) electrons. The molecular formula is C15H23FN2. The van der Waals surface area contributed by atoms with Crippen LogP contribution in [0.4, 0.5) is 10.1 Å². The third-order valence-electron chi connectivity index (χ3n) is 3.60. The molecule has 0 amide bonds. The second-order valence-electron chi connectivity index (χ2n) is 5.67. The van der Waals surface area contributed by atoms with Gasteiger partial charge < -0.3 is 10.2 Å². The highest BCUT2D eigenvalue weighted by molar-refractivity contribution is 5.50. The van der Waals surface area contributed by atoms with Gasteiger partial charge in [-0.05, 0) is 43.0 Å². The van der Waals surface area contributed by atoms with Crippen molar-refractivity contribution in [2.24, 2.45) is 11.8 Å². The van der Waals surface area contributed by atoms with Crippen molar-refractivity contribution in [2.45, 2.75) is 26.8 Å². The normalized spacial score (nSPS) is 24.3. The van der Waals surface area contributed by atoms with Crippen LogP contribution in [-0.4, -0.2) is 20.1 Å². The highest BCUT2D eigenvalue weighted by atomic mass is 19.1. The average Bonchev–Trinajstić information content (AvgIpc) is 2.30. The van der Waals surface area contributed by atoms with Gasteiger partial charge in [0.1, 0.15) is 5.82 Å². The van der Waals surface area contributed by atoms with Crippen molar-refractivity contribution in [2.75, 3.05) is 25.0 Å². The highest BCUT2D eigenvalue weighted by Crippen LogP contribution is 2.28. The van der Waals surface area contributed by atoms with E-state index in [-0.39, 0.29) is 5.82 Å². The first-order chi connectivity index (χ1) is 8.60. The van der Waals surface area contributed by atoms with Crippen molar-refractivity contribution in [1.82, 2.24) is 5.32 Å². The number of rotatable bonds is 3. The molecule has 3 heteroatoms. The smallest absolute Gasteiger partial charge is 0.146 e. The van der Waals surface area contributed by atoms with Gasteiger partial charge in [-0.15, -0.1) is 0 Å². The van der Waals surface area contributed by atoms with Crippen LogP contribution in [0, 0.1) is 17.7 Å². The zero-order valence-corrected chi connectivity index (χ0v) is 11.5. The summed E-state index contributed by atoms with van der Waals surface area (Å²) in [5.74, 6) is 1.18. The molecule has 1 aliphatic rings. The fourth-order valence-corrected chi connectivity index (χ4v) is 2.97. The van der Waals surface area contributed by atoms with E-state index in [9.17, 15) is 4.39 Å². The summed E-state index contributed by atoms with van der Waals surface area (Å²) in [6.07, 6.45) is 1.24. The molecule has 0 aromatic heterocycles. The van der Waals surface area contributed by atoms with Gasteiger partial charge in [-0.3, -0.25) is 0 Å². The van der Waals surface area contributed by atoms with E-state index in [2.05, 4.69) is 24.1 Å². The summed E-state index contributed by atoms with van der Waals surface area (Å²) < 4.78 is 14.0. The Morgan fingerprint density at radius 3 is 2.56 bits per heavy atom. The Kier molecular flexibility index (Phi) is 4.23. The predicted octanol–water partition coefficient (Wildman–Crippen LogP) is 3.03. The number of hydrogen-bond donors (Lipinski definition) is 1. The van der Waals surface area contributed by atoms with Crippen molar-refractivity contribution >= 4 is 5.69 Å². The fraction of sp³-hybridized carbons (Fsp3) is 0.600. The van der Waals surface area contributed by atoms with E-state index in [1.165, 1.54) is 6.42 Å². The van der Waals surface area contributed by atoms with Crippen molar-refractivity contribution in [3.05, 3.63) is 29.6 Å². The first kappa shape index (κ1) is 13.3. The third kappa shape index (κ3) is 3.02. The van der Waals surface area contributed by atoms with Gasteiger partial charge in [-0.25, -0.2) is 4.39 Å². The molecule has 2 nitrogen and oxygen atoms in total. The number of nitrogens with zero attached hydrogens (tertiary/aromatic N) is 1. The maximum atomic E-state index is 14.0. The summed E-state index contributed by atoms with van der Waals surface area (Å²) in [6.45, 7) is 7.21. The van der Waals surface area contributed by atoms with Gasteiger partial charge in [0.05, 0.1) is 5.69 Å². The number of hydrogen-bond acceptors (Lipinski definition) is 2. The van der Waals surface area contributed by atoms with Crippen LogP contribution < -0.4 is 10.2 Å². The van der Waals surface area contributed by atoms with Gasteiger partial charge in [-0.1, -0.05) is 19.9 Å². The van der Waals surface area contributed by atoms with E-state index >= 15 is 0 Å². The number of nitrogens with one attached hydrogen (secondary N) is 1.